The van der Waals surface area contributed by atoms with Crippen LogP contribution >= 0.6 is 11.6 Å². The van der Waals surface area contributed by atoms with Gasteiger partial charge in [-0.1, -0.05) is 29.8 Å². The van der Waals surface area contributed by atoms with E-state index in [0.717, 1.165) is 0 Å². The van der Waals surface area contributed by atoms with Crippen molar-refractivity contribution in [3.8, 4) is 5.75 Å². The fourth-order valence-electron chi connectivity index (χ4n) is 1.61. The minimum Gasteiger partial charge on any atom is -0.483 e. The summed E-state index contributed by atoms with van der Waals surface area (Å²) in [5, 5.41) is 0.614. The molecule has 0 saturated heterocycles. The zero-order chi connectivity index (χ0) is 13.0. The Morgan fingerprint density at radius 2 is 1.67 bits per heavy atom. The van der Waals surface area contributed by atoms with E-state index in [9.17, 15) is 4.79 Å². The Kier molecular flexibility index (Phi) is 4.00. The maximum Gasteiger partial charge on any atom is 0.202 e. The Morgan fingerprint density at radius 3 is 2.28 bits per heavy atom. The first-order chi connectivity index (χ1) is 8.66. The van der Waals surface area contributed by atoms with E-state index < -0.39 is 6.10 Å². The molecular weight excluding hydrogens is 248 g/mol. The molecule has 0 aliphatic rings. The number of para-hydroxylation sites is 1. The summed E-state index contributed by atoms with van der Waals surface area (Å²) in [5.74, 6) is 0.628. The molecule has 0 bridgehead atoms. The van der Waals surface area contributed by atoms with Crippen molar-refractivity contribution in [2.45, 2.75) is 13.0 Å². The van der Waals surface area contributed by atoms with Gasteiger partial charge in [-0.2, -0.15) is 0 Å². The largest absolute Gasteiger partial charge is 0.483 e. The molecule has 0 N–H and O–H groups in total. The van der Waals surface area contributed by atoms with Gasteiger partial charge in [0.2, 0.25) is 5.78 Å². The normalized spacial score (nSPS) is 11.9. The Morgan fingerprint density at radius 1 is 1.06 bits per heavy atom. The van der Waals surface area contributed by atoms with Crippen LogP contribution in [0.15, 0.2) is 54.6 Å². The van der Waals surface area contributed by atoms with Crippen LogP contribution in [-0.4, -0.2) is 11.9 Å². The topological polar surface area (TPSA) is 26.3 Å². The van der Waals surface area contributed by atoms with Gasteiger partial charge in [0.05, 0.1) is 0 Å². The second-order valence-electron chi connectivity index (χ2n) is 3.94. The first-order valence-electron chi connectivity index (χ1n) is 5.68. The molecule has 0 aromatic heterocycles. The molecule has 0 amide bonds. The second-order valence-corrected chi connectivity index (χ2v) is 4.38. The molecular formula is C15H13ClO2. The molecule has 2 rings (SSSR count). The third-order valence-electron chi connectivity index (χ3n) is 2.55. The number of carbonyl (C=O) groups excluding carboxylic acids is 1. The van der Waals surface area contributed by atoms with Crippen LogP contribution < -0.4 is 4.74 Å². The van der Waals surface area contributed by atoms with Crippen LogP contribution in [0, 0.1) is 0 Å². The molecule has 0 saturated carbocycles. The molecule has 0 spiro atoms. The molecule has 0 aliphatic carbocycles. The summed E-state index contributed by atoms with van der Waals surface area (Å²) in [4.78, 5) is 12.1. The van der Waals surface area contributed by atoms with E-state index in [1.54, 1.807) is 31.2 Å². The van der Waals surface area contributed by atoms with Gasteiger partial charge < -0.3 is 4.74 Å². The highest BCUT2D eigenvalue weighted by Crippen LogP contribution is 2.15. The van der Waals surface area contributed by atoms with Crippen LogP contribution in [0.25, 0.3) is 0 Å². The zero-order valence-corrected chi connectivity index (χ0v) is 10.7. The molecule has 1 atom stereocenters. The lowest BCUT2D eigenvalue weighted by Gasteiger charge is -2.13. The number of hydrogen-bond donors (Lipinski definition) is 0. The average molecular weight is 261 g/mol. The van der Waals surface area contributed by atoms with Gasteiger partial charge in [0.15, 0.2) is 6.10 Å². The standard InChI is InChI=1S/C15H13ClO2/c1-11(18-14-5-3-2-4-6-14)15(17)12-7-9-13(16)10-8-12/h2-11H,1H3. The summed E-state index contributed by atoms with van der Waals surface area (Å²) in [7, 11) is 0. The maximum atomic E-state index is 12.1. The van der Waals surface area contributed by atoms with Crippen molar-refractivity contribution in [3.05, 3.63) is 65.2 Å². The first kappa shape index (κ1) is 12.7. The van der Waals surface area contributed by atoms with E-state index in [2.05, 4.69) is 0 Å². The van der Waals surface area contributed by atoms with Crippen molar-refractivity contribution >= 4 is 17.4 Å². The van der Waals surface area contributed by atoms with Crippen molar-refractivity contribution in [3.63, 3.8) is 0 Å². The van der Waals surface area contributed by atoms with Crippen molar-refractivity contribution in [2.75, 3.05) is 0 Å². The lowest BCUT2D eigenvalue weighted by molar-refractivity contribution is 0.0818. The van der Waals surface area contributed by atoms with Gasteiger partial charge >= 0.3 is 0 Å². The summed E-state index contributed by atoms with van der Waals surface area (Å²) in [6.07, 6.45) is -0.520. The monoisotopic (exact) mass is 260 g/mol. The van der Waals surface area contributed by atoms with Crippen LogP contribution in [0.4, 0.5) is 0 Å². The third kappa shape index (κ3) is 3.11. The zero-order valence-electron chi connectivity index (χ0n) is 9.97. The number of ketones is 1. The fourth-order valence-corrected chi connectivity index (χ4v) is 1.73. The van der Waals surface area contributed by atoms with Gasteiger partial charge in [0, 0.05) is 10.6 Å². The van der Waals surface area contributed by atoms with Gasteiger partial charge in [-0.15, -0.1) is 0 Å². The molecule has 0 aliphatic heterocycles. The predicted molar refractivity (Wildman–Crippen MR) is 72.3 cm³/mol. The molecule has 18 heavy (non-hydrogen) atoms. The molecule has 0 fully saturated rings. The third-order valence-corrected chi connectivity index (χ3v) is 2.81. The molecule has 0 radical (unpaired) electrons. The predicted octanol–water partition coefficient (Wildman–Crippen LogP) is 3.99. The number of carbonyl (C=O) groups is 1. The van der Waals surface area contributed by atoms with Crippen LogP contribution in [0.5, 0.6) is 5.75 Å². The van der Waals surface area contributed by atoms with Crippen LogP contribution in [0.1, 0.15) is 17.3 Å². The molecule has 2 aromatic rings. The molecule has 0 heterocycles. The summed E-state index contributed by atoms with van der Waals surface area (Å²) in [5.41, 5.74) is 0.600. The number of benzene rings is 2. The number of rotatable bonds is 4. The SMILES string of the molecule is CC(Oc1ccccc1)C(=O)c1ccc(Cl)cc1. The van der Waals surface area contributed by atoms with E-state index in [0.29, 0.717) is 16.3 Å². The van der Waals surface area contributed by atoms with Gasteiger partial charge in [0.1, 0.15) is 5.75 Å². The van der Waals surface area contributed by atoms with E-state index >= 15 is 0 Å². The van der Waals surface area contributed by atoms with E-state index in [-0.39, 0.29) is 5.78 Å². The lowest BCUT2D eigenvalue weighted by atomic mass is 10.1. The van der Waals surface area contributed by atoms with Gasteiger partial charge in [-0.3, -0.25) is 4.79 Å². The van der Waals surface area contributed by atoms with E-state index in [1.807, 2.05) is 30.3 Å². The number of Topliss-reactive ketones (excluding diaryl/α,β-unsaturated/α-hetero) is 1. The lowest BCUT2D eigenvalue weighted by Crippen LogP contribution is -2.23. The highest BCUT2D eigenvalue weighted by Gasteiger charge is 2.16. The summed E-state index contributed by atoms with van der Waals surface area (Å²) < 4.78 is 5.58. The Hall–Kier alpha value is -1.80. The van der Waals surface area contributed by atoms with Crippen LogP contribution in [-0.2, 0) is 0 Å². The van der Waals surface area contributed by atoms with Gasteiger partial charge in [-0.05, 0) is 43.3 Å². The van der Waals surface area contributed by atoms with Crippen molar-refractivity contribution in [1.29, 1.82) is 0 Å². The summed E-state index contributed by atoms with van der Waals surface area (Å²) >= 11 is 5.78. The van der Waals surface area contributed by atoms with Crippen molar-refractivity contribution in [1.82, 2.24) is 0 Å². The summed E-state index contributed by atoms with van der Waals surface area (Å²) in [6.45, 7) is 1.74. The van der Waals surface area contributed by atoms with Crippen molar-refractivity contribution in [2.24, 2.45) is 0 Å². The smallest absolute Gasteiger partial charge is 0.202 e. The maximum absolute atomic E-state index is 12.1. The Balaban J connectivity index is 2.07. The molecule has 2 nitrogen and oxygen atoms in total. The average Bonchev–Trinajstić information content (AvgIpc) is 2.40. The Labute approximate surface area is 111 Å². The number of halogens is 1. The summed E-state index contributed by atoms with van der Waals surface area (Å²) in [6, 6.07) is 16.1. The first-order valence-corrected chi connectivity index (χ1v) is 6.06. The quantitative estimate of drug-likeness (QED) is 0.777. The number of hydrogen-bond acceptors (Lipinski definition) is 2. The van der Waals surface area contributed by atoms with Gasteiger partial charge in [-0.25, -0.2) is 0 Å². The highest BCUT2D eigenvalue weighted by molar-refractivity contribution is 6.30. The van der Waals surface area contributed by atoms with Gasteiger partial charge in [0.25, 0.3) is 0 Å². The second kappa shape index (κ2) is 5.69. The van der Waals surface area contributed by atoms with Crippen LogP contribution in [0.3, 0.4) is 0 Å². The van der Waals surface area contributed by atoms with Crippen LogP contribution in [0.2, 0.25) is 5.02 Å². The molecule has 3 heteroatoms. The number of ether oxygens (including phenoxy) is 1. The minimum atomic E-state index is -0.520. The Bertz CT molecular complexity index is 520. The fraction of sp³-hybridized carbons (Fsp3) is 0.133. The minimum absolute atomic E-state index is 0.0597. The molecule has 92 valence electrons. The molecule has 1 unspecified atom stereocenters. The van der Waals surface area contributed by atoms with E-state index in [4.69, 9.17) is 16.3 Å². The van der Waals surface area contributed by atoms with Crippen molar-refractivity contribution < 1.29 is 9.53 Å². The van der Waals surface area contributed by atoms with E-state index in [1.165, 1.54) is 0 Å². The highest BCUT2D eigenvalue weighted by atomic mass is 35.5. The molecule has 2 aromatic carbocycles.